The van der Waals surface area contributed by atoms with Crippen LogP contribution in [-0.4, -0.2) is 88.3 Å². The molecule has 3 aliphatic rings. The maximum Gasteiger partial charge on any atom is 0.416 e. The molecule has 300 valence electrons. The van der Waals surface area contributed by atoms with Crippen molar-refractivity contribution in [2.75, 3.05) is 55.5 Å². The average molecular weight is 790 g/mol. The zero-order valence-corrected chi connectivity index (χ0v) is 31.6. The molecule has 0 radical (unpaired) electrons. The molecule has 5 aromatic rings. The fraction of sp³-hybridized carbons (Fsp3) is 0.425. The molecule has 2 aliphatic heterocycles. The number of aromatic nitrogens is 4. The Morgan fingerprint density at radius 3 is 2.51 bits per heavy atom. The number of imide groups is 1. The number of hydrogen-bond donors (Lipinski definition) is 2. The number of nitrogens with one attached hydrogen (secondary N) is 2. The van der Waals surface area contributed by atoms with E-state index in [-0.39, 0.29) is 29.8 Å². The Morgan fingerprint density at radius 2 is 1.79 bits per heavy atom. The summed E-state index contributed by atoms with van der Waals surface area (Å²) in [7, 11) is 3.64. The summed E-state index contributed by atoms with van der Waals surface area (Å²) in [6, 6.07) is 9.41. The molecular weight excluding hydrogens is 746 g/mol. The second-order valence-corrected chi connectivity index (χ2v) is 15.2. The molecule has 0 bridgehead atoms. The number of pyridine rings is 1. The second-order valence-electron chi connectivity index (χ2n) is 15.2. The van der Waals surface area contributed by atoms with Gasteiger partial charge in [-0.25, -0.2) is 14.2 Å². The second kappa shape index (κ2) is 15.3. The minimum atomic E-state index is -4.80. The van der Waals surface area contributed by atoms with Crippen LogP contribution < -0.4 is 25.2 Å². The number of fused-ring (bicyclic) bond motifs is 2. The molecule has 17 heteroatoms. The highest BCUT2D eigenvalue weighted by Gasteiger charge is 2.33. The molecule has 2 N–H and O–H groups in total. The Bertz CT molecular complexity index is 2330. The Balaban J connectivity index is 0.838. The highest BCUT2D eigenvalue weighted by Crippen LogP contribution is 2.37. The normalized spacial score (nSPS) is 19.8. The van der Waals surface area contributed by atoms with Crippen molar-refractivity contribution >= 4 is 51.6 Å². The molecule has 2 saturated heterocycles. The van der Waals surface area contributed by atoms with Gasteiger partial charge in [0.15, 0.2) is 0 Å². The molecule has 0 spiro atoms. The van der Waals surface area contributed by atoms with Crippen LogP contribution in [0, 0.1) is 11.7 Å². The number of hydrogen-bond acceptors (Lipinski definition) is 8. The summed E-state index contributed by atoms with van der Waals surface area (Å²) in [5, 5.41) is 10.5. The molecule has 13 nitrogen and oxygen atoms in total. The first kappa shape index (κ1) is 38.2. The van der Waals surface area contributed by atoms with Gasteiger partial charge in [-0.2, -0.15) is 18.3 Å². The van der Waals surface area contributed by atoms with Gasteiger partial charge in [0.1, 0.15) is 23.0 Å². The summed E-state index contributed by atoms with van der Waals surface area (Å²) in [4.78, 5) is 47.9. The van der Waals surface area contributed by atoms with Gasteiger partial charge in [-0.05, 0) is 81.8 Å². The van der Waals surface area contributed by atoms with Crippen LogP contribution in [-0.2, 0) is 11.0 Å². The molecule has 3 aromatic heterocycles. The third-order valence-corrected chi connectivity index (χ3v) is 11.6. The summed E-state index contributed by atoms with van der Waals surface area (Å²) in [5.74, 6) is -0.849. The SMILES string of the molecule is COc1cc2nn(C3CCC(CN(C)C4CCN(c5ccn6c(N7CCC(=O)NC7=O)cnc6c5)CC4)CC3)cc2cc1NC(=O)c1cc(F)cc(C(F)(F)F)c1. The Hall–Kier alpha value is -5.71. The molecule has 0 unspecified atom stereocenters. The number of methoxy groups -OCH3 is 1. The summed E-state index contributed by atoms with van der Waals surface area (Å²) in [6.45, 7) is 3.19. The van der Waals surface area contributed by atoms with Crippen LogP contribution in [0.2, 0.25) is 0 Å². The first-order valence-electron chi connectivity index (χ1n) is 19.1. The van der Waals surface area contributed by atoms with Crippen molar-refractivity contribution < 1.29 is 36.7 Å². The predicted octanol–water partition coefficient (Wildman–Crippen LogP) is 6.88. The number of halogens is 4. The van der Waals surface area contributed by atoms with Crippen LogP contribution in [0.5, 0.6) is 5.75 Å². The molecule has 2 aromatic carbocycles. The maximum atomic E-state index is 14.0. The van der Waals surface area contributed by atoms with Crippen LogP contribution in [0.3, 0.4) is 0 Å². The van der Waals surface area contributed by atoms with Crippen LogP contribution in [0.25, 0.3) is 16.6 Å². The Morgan fingerprint density at radius 1 is 1.02 bits per heavy atom. The van der Waals surface area contributed by atoms with Crippen molar-refractivity contribution in [1.29, 1.82) is 0 Å². The summed E-state index contributed by atoms with van der Waals surface area (Å²) >= 11 is 0. The third-order valence-electron chi connectivity index (χ3n) is 11.6. The molecule has 0 atom stereocenters. The van der Waals surface area contributed by atoms with Crippen LogP contribution in [0.1, 0.15) is 66.9 Å². The molecular formula is C40H43F4N9O4. The van der Waals surface area contributed by atoms with Gasteiger partial charge in [-0.1, -0.05) is 0 Å². The average Bonchev–Trinajstić information content (AvgIpc) is 3.81. The number of anilines is 3. The van der Waals surface area contributed by atoms with Gasteiger partial charge in [0, 0.05) is 79.8 Å². The van der Waals surface area contributed by atoms with Crippen molar-refractivity contribution in [3.63, 3.8) is 0 Å². The van der Waals surface area contributed by atoms with Crippen LogP contribution in [0.4, 0.5) is 39.5 Å². The fourth-order valence-corrected chi connectivity index (χ4v) is 8.45. The van der Waals surface area contributed by atoms with E-state index < -0.39 is 35.1 Å². The fourth-order valence-electron chi connectivity index (χ4n) is 8.45. The zero-order chi connectivity index (χ0) is 40.0. The van der Waals surface area contributed by atoms with E-state index in [1.54, 1.807) is 18.3 Å². The highest BCUT2D eigenvalue weighted by atomic mass is 19.4. The largest absolute Gasteiger partial charge is 0.494 e. The van der Waals surface area contributed by atoms with E-state index in [1.807, 2.05) is 27.5 Å². The van der Waals surface area contributed by atoms with E-state index in [4.69, 9.17) is 9.84 Å². The standard InChI is InChI=1S/C40H43F4N9O4/c1-49(29-7-11-50(12-8-29)31-9-13-51-35(19-31)45-21-37(51)52-14-10-36(54)47-39(52)56)22-24-3-5-30(6-4-24)53-23-26-17-33(34(57-2)20-32(26)48-53)46-38(55)25-15-27(40(42,43)44)18-28(41)16-25/h9,13,15-21,23-24,29-30H,3-8,10-12,14,22H2,1-2H3,(H,46,55)(H,47,54,56). The molecule has 57 heavy (non-hydrogen) atoms. The number of imidazole rings is 1. The van der Waals surface area contributed by atoms with Crippen molar-refractivity contribution in [1.82, 2.24) is 29.4 Å². The summed E-state index contributed by atoms with van der Waals surface area (Å²) in [6.07, 6.45) is 7.10. The minimum absolute atomic E-state index is 0.198. The zero-order valence-electron chi connectivity index (χ0n) is 31.6. The lowest BCUT2D eigenvalue weighted by atomic mass is 9.85. The lowest BCUT2D eigenvalue weighted by Crippen LogP contribution is -2.50. The number of rotatable bonds is 9. The molecule has 1 saturated carbocycles. The van der Waals surface area contributed by atoms with Crippen molar-refractivity contribution in [2.45, 2.75) is 63.2 Å². The van der Waals surface area contributed by atoms with Gasteiger partial charge >= 0.3 is 12.2 Å². The predicted molar refractivity (Wildman–Crippen MR) is 205 cm³/mol. The van der Waals surface area contributed by atoms with Gasteiger partial charge in [0.25, 0.3) is 5.91 Å². The number of alkyl halides is 3. The monoisotopic (exact) mass is 789 g/mol. The van der Waals surface area contributed by atoms with Gasteiger partial charge in [0.05, 0.1) is 36.1 Å². The topological polar surface area (TPSA) is 129 Å². The minimum Gasteiger partial charge on any atom is -0.494 e. The van der Waals surface area contributed by atoms with Crippen molar-refractivity contribution in [3.05, 3.63) is 78.0 Å². The van der Waals surface area contributed by atoms with E-state index >= 15 is 0 Å². The lowest BCUT2D eigenvalue weighted by molar-refractivity contribution is -0.137. The molecule has 5 heterocycles. The summed E-state index contributed by atoms with van der Waals surface area (Å²) < 4.78 is 63.0. The van der Waals surface area contributed by atoms with E-state index in [1.165, 1.54) is 12.0 Å². The highest BCUT2D eigenvalue weighted by molar-refractivity contribution is 6.06. The molecule has 8 rings (SSSR count). The smallest absolute Gasteiger partial charge is 0.416 e. The van der Waals surface area contributed by atoms with E-state index in [0.717, 1.165) is 80.9 Å². The van der Waals surface area contributed by atoms with E-state index in [2.05, 4.69) is 38.5 Å². The maximum absolute atomic E-state index is 14.0. The summed E-state index contributed by atoms with van der Waals surface area (Å²) in [5.41, 5.74) is 1.03. The number of carbonyl (C=O) groups is 3. The molecule has 1 aliphatic carbocycles. The third kappa shape index (κ3) is 7.97. The van der Waals surface area contributed by atoms with Gasteiger partial charge in [-0.15, -0.1) is 0 Å². The number of carbonyl (C=O) groups excluding carboxylic acids is 3. The van der Waals surface area contributed by atoms with Gasteiger partial charge < -0.3 is 19.9 Å². The number of ether oxygens (including phenoxy) is 1. The van der Waals surface area contributed by atoms with Gasteiger partial charge in [0.2, 0.25) is 5.91 Å². The number of amides is 4. The Labute approximate surface area is 325 Å². The lowest BCUT2D eigenvalue weighted by Gasteiger charge is -2.40. The van der Waals surface area contributed by atoms with E-state index in [9.17, 15) is 31.9 Å². The van der Waals surface area contributed by atoms with Crippen LogP contribution in [0.15, 0.2) is 61.1 Å². The molecule has 4 amide bonds. The Kier molecular flexibility index (Phi) is 10.3. The van der Waals surface area contributed by atoms with Crippen molar-refractivity contribution in [3.8, 4) is 5.75 Å². The van der Waals surface area contributed by atoms with Gasteiger partial charge in [-0.3, -0.25) is 28.9 Å². The van der Waals surface area contributed by atoms with Crippen LogP contribution >= 0.6 is 0 Å². The first-order valence-corrected chi connectivity index (χ1v) is 19.1. The number of urea groups is 1. The first-order chi connectivity index (χ1) is 27.3. The van der Waals surface area contributed by atoms with Crippen molar-refractivity contribution in [2.24, 2.45) is 5.92 Å². The number of nitrogens with zero attached hydrogens (tertiary/aromatic N) is 7. The van der Waals surface area contributed by atoms with E-state index in [0.29, 0.717) is 42.0 Å². The molecule has 3 fully saturated rings. The number of benzene rings is 2. The quantitative estimate of drug-likeness (QED) is 0.155. The number of piperidine rings is 1.